The second-order valence-electron chi connectivity index (χ2n) is 7.98. The fraction of sp³-hybridized carbons (Fsp3) is 0.500. The lowest BCUT2D eigenvalue weighted by Gasteiger charge is -2.44. The average Bonchev–Trinajstić information content (AvgIpc) is 3.25. The quantitative estimate of drug-likeness (QED) is 0.817. The van der Waals surface area contributed by atoms with Gasteiger partial charge in [0.1, 0.15) is 11.3 Å². The highest BCUT2D eigenvalue weighted by Gasteiger charge is 2.52. The van der Waals surface area contributed by atoms with Crippen LogP contribution in [0, 0.1) is 13.8 Å². The molecule has 1 spiro atoms. The number of aromatic nitrogens is 1. The number of carbonyl (C=O) groups excluding carboxylic acids is 2. The molecule has 2 aliphatic rings. The van der Waals surface area contributed by atoms with Crippen LogP contribution in [-0.4, -0.2) is 45.4 Å². The van der Waals surface area contributed by atoms with Crippen molar-refractivity contribution in [3.05, 3.63) is 52.9 Å². The Bertz CT molecular complexity index is 857. The largest absolute Gasteiger partial charge is 0.361 e. The summed E-state index contributed by atoms with van der Waals surface area (Å²) in [6, 6.07) is 10.1. The molecule has 2 amide bonds. The lowest BCUT2D eigenvalue weighted by atomic mass is 9.84. The van der Waals surface area contributed by atoms with Crippen molar-refractivity contribution in [3.63, 3.8) is 0 Å². The van der Waals surface area contributed by atoms with Crippen LogP contribution >= 0.6 is 0 Å². The summed E-state index contributed by atoms with van der Waals surface area (Å²) in [5, 5.41) is 3.95. The van der Waals surface area contributed by atoms with Crippen molar-refractivity contribution in [2.24, 2.45) is 0 Å². The van der Waals surface area contributed by atoms with Crippen molar-refractivity contribution in [2.75, 3.05) is 13.1 Å². The lowest BCUT2D eigenvalue weighted by Crippen LogP contribution is -2.61. The van der Waals surface area contributed by atoms with E-state index in [2.05, 4.69) is 5.16 Å². The van der Waals surface area contributed by atoms with Crippen molar-refractivity contribution in [1.29, 1.82) is 0 Å². The van der Waals surface area contributed by atoms with Crippen molar-refractivity contribution < 1.29 is 14.1 Å². The number of benzene rings is 1. The summed E-state index contributed by atoms with van der Waals surface area (Å²) in [4.78, 5) is 30.5. The Morgan fingerprint density at radius 3 is 2.54 bits per heavy atom. The minimum Gasteiger partial charge on any atom is -0.361 e. The third-order valence-corrected chi connectivity index (χ3v) is 6.22. The van der Waals surface area contributed by atoms with Crippen LogP contribution in [0.3, 0.4) is 0 Å². The molecule has 3 heterocycles. The zero-order valence-electron chi connectivity index (χ0n) is 16.6. The number of carbonyl (C=O) groups is 2. The molecule has 2 fully saturated rings. The summed E-state index contributed by atoms with van der Waals surface area (Å²) >= 11 is 0. The minimum atomic E-state index is -0.677. The summed E-state index contributed by atoms with van der Waals surface area (Å²) in [5.74, 6) is 0.786. The van der Waals surface area contributed by atoms with E-state index < -0.39 is 5.54 Å². The van der Waals surface area contributed by atoms with E-state index in [0.717, 1.165) is 49.0 Å². The molecule has 0 N–H and O–H groups in total. The number of likely N-dealkylation sites (tertiary alicyclic amines) is 2. The SMILES string of the molecule is Cc1noc(C)c1CC(=O)N1CCCC12CCCN(Cc1ccccc1)C2=O. The fourth-order valence-electron chi connectivity index (χ4n) is 4.75. The normalized spacial score (nSPS) is 22.3. The Labute approximate surface area is 165 Å². The van der Waals surface area contributed by atoms with Crippen molar-refractivity contribution >= 4 is 11.8 Å². The van der Waals surface area contributed by atoms with Gasteiger partial charge in [-0.05, 0) is 45.1 Å². The van der Waals surface area contributed by atoms with Gasteiger partial charge in [0, 0.05) is 25.2 Å². The van der Waals surface area contributed by atoms with Crippen LogP contribution < -0.4 is 0 Å². The molecule has 6 heteroatoms. The van der Waals surface area contributed by atoms with Gasteiger partial charge in [0.15, 0.2) is 0 Å². The number of aryl methyl sites for hydroxylation is 2. The zero-order chi connectivity index (χ0) is 19.7. The van der Waals surface area contributed by atoms with Gasteiger partial charge >= 0.3 is 0 Å². The predicted octanol–water partition coefficient (Wildman–Crippen LogP) is 3.02. The Balaban J connectivity index is 1.54. The van der Waals surface area contributed by atoms with E-state index in [1.165, 1.54) is 0 Å². The van der Waals surface area contributed by atoms with E-state index >= 15 is 0 Å². The Morgan fingerprint density at radius 1 is 1.14 bits per heavy atom. The Hall–Kier alpha value is -2.63. The van der Waals surface area contributed by atoms with Gasteiger partial charge in [0.05, 0.1) is 12.1 Å². The topological polar surface area (TPSA) is 66.7 Å². The molecule has 6 nitrogen and oxygen atoms in total. The maximum atomic E-state index is 13.5. The van der Waals surface area contributed by atoms with Gasteiger partial charge in [-0.25, -0.2) is 0 Å². The molecular formula is C22H27N3O3. The first-order valence-corrected chi connectivity index (χ1v) is 10.1. The highest BCUT2D eigenvalue weighted by molar-refractivity contribution is 5.93. The lowest BCUT2D eigenvalue weighted by molar-refractivity contribution is -0.155. The fourth-order valence-corrected chi connectivity index (χ4v) is 4.75. The molecule has 0 bridgehead atoms. The number of hydrogen-bond acceptors (Lipinski definition) is 4. The van der Waals surface area contributed by atoms with Crippen molar-refractivity contribution in [3.8, 4) is 0 Å². The van der Waals surface area contributed by atoms with E-state index in [0.29, 0.717) is 18.8 Å². The zero-order valence-corrected chi connectivity index (χ0v) is 16.6. The van der Waals surface area contributed by atoms with E-state index in [1.807, 2.05) is 54.0 Å². The highest BCUT2D eigenvalue weighted by atomic mass is 16.5. The van der Waals surface area contributed by atoms with Crippen LogP contribution in [-0.2, 0) is 22.6 Å². The molecule has 0 radical (unpaired) electrons. The second-order valence-corrected chi connectivity index (χ2v) is 7.98. The van der Waals surface area contributed by atoms with E-state index in [1.54, 1.807) is 0 Å². The first-order chi connectivity index (χ1) is 13.5. The summed E-state index contributed by atoms with van der Waals surface area (Å²) in [6.07, 6.45) is 3.55. The average molecular weight is 381 g/mol. The monoisotopic (exact) mass is 381 g/mol. The first-order valence-electron chi connectivity index (χ1n) is 10.1. The third kappa shape index (κ3) is 3.21. The minimum absolute atomic E-state index is 0.00168. The molecule has 2 aromatic rings. The summed E-state index contributed by atoms with van der Waals surface area (Å²) in [6.45, 7) is 5.68. The van der Waals surface area contributed by atoms with E-state index in [4.69, 9.17) is 4.52 Å². The van der Waals surface area contributed by atoms with Crippen LogP contribution in [0.4, 0.5) is 0 Å². The molecule has 0 aliphatic carbocycles. The molecule has 2 aliphatic heterocycles. The smallest absolute Gasteiger partial charge is 0.248 e. The summed E-state index contributed by atoms with van der Waals surface area (Å²) in [5.41, 5.74) is 2.04. The summed E-state index contributed by atoms with van der Waals surface area (Å²) in [7, 11) is 0. The molecule has 0 saturated carbocycles. The molecule has 1 atom stereocenters. The Kier molecular flexibility index (Phi) is 4.96. The van der Waals surface area contributed by atoms with Gasteiger partial charge in [-0.15, -0.1) is 0 Å². The maximum Gasteiger partial charge on any atom is 0.248 e. The summed E-state index contributed by atoms with van der Waals surface area (Å²) < 4.78 is 5.20. The predicted molar refractivity (Wildman–Crippen MR) is 104 cm³/mol. The van der Waals surface area contributed by atoms with Gasteiger partial charge in [0.2, 0.25) is 11.8 Å². The van der Waals surface area contributed by atoms with Crippen LogP contribution in [0.2, 0.25) is 0 Å². The van der Waals surface area contributed by atoms with Crippen LogP contribution in [0.1, 0.15) is 48.3 Å². The van der Waals surface area contributed by atoms with E-state index in [-0.39, 0.29) is 18.2 Å². The Morgan fingerprint density at radius 2 is 1.86 bits per heavy atom. The van der Waals surface area contributed by atoms with Crippen molar-refractivity contribution in [1.82, 2.24) is 15.0 Å². The standard InChI is InChI=1S/C22H27N3O3/c1-16-19(17(2)28-23-16)14-20(26)25-13-7-11-22(25)10-6-12-24(21(22)27)15-18-8-4-3-5-9-18/h3-5,8-9H,6-7,10-15H2,1-2H3. The number of hydrogen-bond donors (Lipinski definition) is 0. The molecule has 1 unspecified atom stereocenters. The number of piperidine rings is 1. The molecule has 1 aromatic heterocycles. The molecular weight excluding hydrogens is 354 g/mol. The van der Waals surface area contributed by atoms with Crippen LogP contribution in [0.5, 0.6) is 0 Å². The van der Waals surface area contributed by atoms with Gasteiger partial charge < -0.3 is 14.3 Å². The molecule has 1 aromatic carbocycles. The number of rotatable bonds is 4. The van der Waals surface area contributed by atoms with Crippen LogP contribution in [0.15, 0.2) is 34.9 Å². The van der Waals surface area contributed by atoms with Gasteiger partial charge in [-0.1, -0.05) is 35.5 Å². The van der Waals surface area contributed by atoms with Gasteiger partial charge in [-0.2, -0.15) is 0 Å². The molecule has 2 saturated heterocycles. The first kappa shape index (κ1) is 18.7. The van der Waals surface area contributed by atoms with Crippen molar-refractivity contribution in [2.45, 2.75) is 58.0 Å². The highest BCUT2D eigenvalue weighted by Crippen LogP contribution is 2.39. The second kappa shape index (κ2) is 7.41. The molecule has 28 heavy (non-hydrogen) atoms. The molecule has 148 valence electrons. The third-order valence-electron chi connectivity index (χ3n) is 6.22. The number of amides is 2. The maximum absolute atomic E-state index is 13.5. The van der Waals surface area contributed by atoms with E-state index in [9.17, 15) is 9.59 Å². The van der Waals surface area contributed by atoms with Gasteiger partial charge in [-0.3, -0.25) is 9.59 Å². The number of nitrogens with zero attached hydrogens (tertiary/aromatic N) is 3. The van der Waals surface area contributed by atoms with Gasteiger partial charge in [0.25, 0.3) is 0 Å². The molecule has 4 rings (SSSR count). The van der Waals surface area contributed by atoms with Crippen LogP contribution in [0.25, 0.3) is 0 Å².